The van der Waals surface area contributed by atoms with Crippen molar-refractivity contribution < 1.29 is 9.90 Å². The van der Waals surface area contributed by atoms with Gasteiger partial charge in [0, 0.05) is 36.1 Å². The molecule has 1 aromatic carbocycles. The number of H-pyrrole nitrogens is 1. The summed E-state index contributed by atoms with van der Waals surface area (Å²) in [5.74, 6) is -0.222. The van der Waals surface area contributed by atoms with Crippen LogP contribution in [0.25, 0.3) is 10.9 Å². The van der Waals surface area contributed by atoms with Gasteiger partial charge in [0.2, 0.25) is 0 Å². The largest absolute Gasteiger partial charge is 0.383 e. The van der Waals surface area contributed by atoms with Crippen molar-refractivity contribution in [3.63, 3.8) is 0 Å². The number of nitrogens with zero attached hydrogens (tertiary/aromatic N) is 2. The van der Waals surface area contributed by atoms with Gasteiger partial charge in [-0.15, -0.1) is 0 Å². The second-order valence-electron chi connectivity index (χ2n) is 5.64. The first-order chi connectivity index (χ1) is 10.5. The molecule has 1 atom stereocenters. The van der Waals surface area contributed by atoms with Gasteiger partial charge in [0.25, 0.3) is 5.91 Å². The van der Waals surface area contributed by atoms with Gasteiger partial charge in [0.15, 0.2) is 0 Å². The molecule has 3 aromatic rings. The van der Waals surface area contributed by atoms with Crippen LogP contribution in [-0.4, -0.2) is 32.3 Å². The van der Waals surface area contributed by atoms with E-state index in [-0.39, 0.29) is 12.5 Å². The zero-order valence-corrected chi connectivity index (χ0v) is 12.5. The zero-order valence-electron chi connectivity index (χ0n) is 12.5. The molecule has 3 N–H and O–H groups in total. The summed E-state index contributed by atoms with van der Waals surface area (Å²) in [6.07, 6.45) is 5.16. The van der Waals surface area contributed by atoms with E-state index in [0.29, 0.717) is 11.1 Å². The molecule has 0 fully saturated rings. The third-order valence-electron chi connectivity index (χ3n) is 3.74. The lowest BCUT2D eigenvalue weighted by Crippen LogP contribution is -2.38. The van der Waals surface area contributed by atoms with Gasteiger partial charge in [-0.05, 0) is 30.5 Å². The predicted octanol–water partition coefficient (Wildman–Crippen LogP) is 1.54. The highest BCUT2D eigenvalue weighted by molar-refractivity contribution is 5.97. The van der Waals surface area contributed by atoms with E-state index < -0.39 is 5.60 Å². The fourth-order valence-electron chi connectivity index (χ4n) is 2.34. The van der Waals surface area contributed by atoms with Gasteiger partial charge in [-0.3, -0.25) is 9.48 Å². The molecule has 0 aliphatic rings. The zero-order chi connectivity index (χ0) is 15.7. The highest BCUT2D eigenvalue weighted by atomic mass is 16.3. The summed E-state index contributed by atoms with van der Waals surface area (Å²) in [6.45, 7) is 1.76. The second-order valence-corrected chi connectivity index (χ2v) is 5.64. The molecule has 6 nitrogen and oxygen atoms in total. The number of aliphatic hydroxyl groups is 1. The molecule has 2 aromatic heterocycles. The summed E-state index contributed by atoms with van der Waals surface area (Å²) in [4.78, 5) is 15.3. The molecule has 0 bridgehead atoms. The molecular formula is C16H18N4O2. The van der Waals surface area contributed by atoms with E-state index in [1.807, 2.05) is 18.3 Å². The fourth-order valence-corrected chi connectivity index (χ4v) is 2.34. The van der Waals surface area contributed by atoms with Crippen molar-refractivity contribution in [2.75, 3.05) is 6.54 Å². The molecule has 1 amide bonds. The molecule has 0 saturated heterocycles. The molecule has 2 heterocycles. The SMILES string of the molecule is Cn1cc(C(C)(O)CNC(=O)c2ccc3cc[nH]c3c2)cn1. The molecule has 0 aliphatic heterocycles. The smallest absolute Gasteiger partial charge is 0.251 e. The van der Waals surface area contributed by atoms with Crippen LogP contribution in [0.1, 0.15) is 22.8 Å². The second kappa shape index (κ2) is 5.31. The molecule has 0 radical (unpaired) electrons. The number of carbonyl (C=O) groups is 1. The molecule has 0 spiro atoms. The quantitative estimate of drug-likeness (QED) is 0.683. The maximum Gasteiger partial charge on any atom is 0.251 e. The van der Waals surface area contributed by atoms with Crippen molar-refractivity contribution in [3.05, 3.63) is 54.0 Å². The number of hydrogen-bond donors (Lipinski definition) is 3. The molecule has 0 saturated carbocycles. The van der Waals surface area contributed by atoms with Crippen LogP contribution in [0, 0.1) is 0 Å². The van der Waals surface area contributed by atoms with Crippen molar-refractivity contribution in [1.29, 1.82) is 0 Å². The van der Waals surface area contributed by atoms with Crippen molar-refractivity contribution in [3.8, 4) is 0 Å². The fraction of sp³-hybridized carbons (Fsp3) is 0.250. The van der Waals surface area contributed by atoms with E-state index in [1.165, 1.54) is 0 Å². The summed E-state index contributed by atoms with van der Waals surface area (Å²) in [5.41, 5.74) is 0.958. The average Bonchev–Trinajstić information content (AvgIpc) is 3.12. The Hall–Kier alpha value is -2.60. The van der Waals surface area contributed by atoms with Gasteiger partial charge in [-0.25, -0.2) is 0 Å². The number of aromatic nitrogens is 3. The minimum Gasteiger partial charge on any atom is -0.383 e. The minimum atomic E-state index is -1.17. The van der Waals surface area contributed by atoms with Crippen molar-refractivity contribution in [2.45, 2.75) is 12.5 Å². The van der Waals surface area contributed by atoms with Crippen molar-refractivity contribution in [1.82, 2.24) is 20.1 Å². The van der Waals surface area contributed by atoms with Crippen LogP contribution in [0.3, 0.4) is 0 Å². The van der Waals surface area contributed by atoms with Gasteiger partial charge in [0.1, 0.15) is 5.60 Å². The number of rotatable bonds is 4. The van der Waals surface area contributed by atoms with Crippen LogP contribution in [0.15, 0.2) is 42.9 Å². The Morgan fingerprint density at radius 1 is 1.45 bits per heavy atom. The first-order valence-electron chi connectivity index (χ1n) is 7.02. The maximum absolute atomic E-state index is 12.2. The first kappa shape index (κ1) is 14.3. The minimum absolute atomic E-state index is 0.111. The molecule has 6 heteroatoms. The summed E-state index contributed by atoms with van der Waals surface area (Å²) >= 11 is 0. The number of nitrogens with one attached hydrogen (secondary N) is 2. The Morgan fingerprint density at radius 2 is 2.27 bits per heavy atom. The molecule has 0 aliphatic carbocycles. The molecular weight excluding hydrogens is 280 g/mol. The summed E-state index contributed by atoms with van der Waals surface area (Å²) in [5, 5.41) is 18.3. The standard InChI is InChI=1S/C16H18N4O2/c1-16(22,13-8-19-20(2)9-13)10-18-15(21)12-4-3-11-5-6-17-14(11)7-12/h3-9,17,22H,10H2,1-2H3,(H,18,21). The molecule has 22 heavy (non-hydrogen) atoms. The lowest BCUT2D eigenvalue weighted by Gasteiger charge is -2.22. The number of carbonyl (C=O) groups excluding carboxylic acids is 1. The summed E-state index contributed by atoms with van der Waals surface area (Å²) in [7, 11) is 1.78. The van der Waals surface area contributed by atoms with Crippen LogP contribution < -0.4 is 5.32 Å². The van der Waals surface area contributed by atoms with Crippen LogP contribution in [0.5, 0.6) is 0 Å². The van der Waals surface area contributed by atoms with E-state index >= 15 is 0 Å². The van der Waals surface area contributed by atoms with Crippen molar-refractivity contribution >= 4 is 16.8 Å². The van der Waals surface area contributed by atoms with Gasteiger partial charge in [0.05, 0.1) is 12.7 Å². The van der Waals surface area contributed by atoms with Crippen molar-refractivity contribution in [2.24, 2.45) is 7.05 Å². The lowest BCUT2D eigenvalue weighted by molar-refractivity contribution is 0.0526. The van der Waals surface area contributed by atoms with Gasteiger partial charge in [-0.1, -0.05) is 6.07 Å². The molecule has 114 valence electrons. The Bertz CT molecular complexity index is 816. The van der Waals surface area contributed by atoms with Crippen LogP contribution in [0.2, 0.25) is 0 Å². The highest BCUT2D eigenvalue weighted by Gasteiger charge is 2.25. The van der Waals surface area contributed by atoms with E-state index in [9.17, 15) is 9.90 Å². The number of fused-ring (bicyclic) bond motifs is 1. The Morgan fingerprint density at radius 3 is 3.00 bits per heavy atom. The maximum atomic E-state index is 12.2. The Balaban J connectivity index is 1.71. The van der Waals surface area contributed by atoms with Crippen LogP contribution >= 0.6 is 0 Å². The summed E-state index contributed by atoms with van der Waals surface area (Å²) < 4.78 is 1.62. The number of amides is 1. The van der Waals surface area contributed by atoms with E-state index in [1.54, 1.807) is 43.2 Å². The van der Waals surface area contributed by atoms with E-state index in [2.05, 4.69) is 15.4 Å². The average molecular weight is 298 g/mol. The third kappa shape index (κ3) is 2.73. The number of benzene rings is 1. The lowest BCUT2D eigenvalue weighted by atomic mass is 9.99. The van der Waals surface area contributed by atoms with Gasteiger partial charge >= 0.3 is 0 Å². The Labute approximate surface area is 127 Å². The van der Waals surface area contributed by atoms with Crippen LogP contribution in [0.4, 0.5) is 0 Å². The van der Waals surface area contributed by atoms with Crippen LogP contribution in [-0.2, 0) is 12.6 Å². The molecule has 3 rings (SSSR count). The predicted molar refractivity (Wildman–Crippen MR) is 83.4 cm³/mol. The monoisotopic (exact) mass is 298 g/mol. The van der Waals surface area contributed by atoms with E-state index in [0.717, 1.165) is 10.9 Å². The highest BCUT2D eigenvalue weighted by Crippen LogP contribution is 2.19. The topological polar surface area (TPSA) is 82.9 Å². The number of aromatic amines is 1. The van der Waals surface area contributed by atoms with Gasteiger partial charge < -0.3 is 15.4 Å². The third-order valence-corrected chi connectivity index (χ3v) is 3.74. The first-order valence-corrected chi connectivity index (χ1v) is 7.02. The van der Waals surface area contributed by atoms with Gasteiger partial charge in [-0.2, -0.15) is 5.10 Å². The normalized spacial score (nSPS) is 14.0. The molecule has 1 unspecified atom stereocenters. The van der Waals surface area contributed by atoms with E-state index in [4.69, 9.17) is 0 Å². The Kier molecular flexibility index (Phi) is 3.46. The number of aryl methyl sites for hydroxylation is 1. The summed E-state index contributed by atoms with van der Waals surface area (Å²) in [6, 6.07) is 7.40. The number of hydrogen-bond acceptors (Lipinski definition) is 3.